The van der Waals surface area contributed by atoms with Gasteiger partial charge in [-0.25, -0.2) is 0 Å². The van der Waals surface area contributed by atoms with Crippen molar-refractivity contribution in [3.8, 4) is 0 Å². The predicted molar refractivity (Wildman–Crippen MR) is 66.7 cm³/mol. The van der Waals surface area contributed by atoms with E-state index in [9.17, 15) is 15.2 Å². The van der Waals surface area contributed by atoms with Gasteiger partial charge in [0.1, 0.15) is 0 Å². The number of aryl methyl sites for hydroxylation is 1. The minimum atomic E-state index is -0.411. The van der Waals surface area contributed by atoms with E-state index in [1.807, 2.05) is 6.92 Å². The van der Waals surface area contributed by atoms with Crippen LogP contribution in [0, 0.1) is 22.5 Å². The van der Waals surface area contributed by atoms with Crippen LogP contribution in [0.4, 0.5) is 11.4 Å². The lowest BCUT2D eigenvalue weighted by molar-refractivity contribution is -0.384. The molecular formula is C12H16N2O4. The van der Waals surface area contributed by atoms with Crippen LogP contribution in [0.5, 0.6) is 0 Å². The number of anilines is 1. The molecule has 2 N–H and O–H groups in total. The summed E-state index contributed by atoms with van der Waals surface area (Å²) in [5.74, 6) is 0. The topological polar surface area (TPSA) is 84.6 Å². The van der Waals surface area contributed by atoms with Crippen LogP contribution in [0.3, 0.4) is 0 Å². The summed E-state index contributed by atoms with van der Waals surface area (Å²) in [4.78, 5) is 10.2. The summed E-state index contributed by atoms with van der Waals surface area (Å²) in [5.41, 5.74) is 1.54. The number of hydrogen-bond donors (Lipinski definition) is 2. The van der Waals surface area contributed by atoms with Gasteiger partial charge in [-0.15, -0.1) is 0 Å². The molecule has 1 aromatic rings. The quantitative estimate of drug-likeness (QED) is 0.610. The van der Waals surface area contributed by atoms with Crippen molar-refractivity contribution in [2.24, 2.45) is 5.41 Å². The number of rotatable bonds is 5. The predicted octanol–water partition coefficient (Wildman–Crippen LogP) is 1.32. The molecule has 1 heterocycles. The highest BCUT2D eigenvalue weighted by Crippen LogP contribution is 2.28. The molecule has 18 heavy (non-hydrogen) atoms. The van der Waals surface area contributed by atoms with Crippen LogP contribution in [-0.4, -0.2) is 36.4 Å². The van der Waals surface area contributed by atoms with Crippen molar-refractivity contribution in [3.63, 3.8) is 0 Å². The van der Waals surface area contributed by atoms with Gasteiger partial charge in [-0.3, -0.25) is 10.1 Å². The van der Waals surface area contributed by atoms with E-state index in [0.29, 0.717) is 19.8 Å². The molecule has 0 saturated carbocycles. The zero-order valence-electron chi connectivity index (χ0n) is 10.2. The SMILES string of the molecule is Cc1cc([N+](=O)[O-])ccc1NCC1(CO)COC1. The number of hydrogen-bond acceptors (Lipinski definition) is 5. The largest absolute Gasteiger partial charge is 0.396 e. The first kappa shape index (κ1) is 12.8. The van der Waals surface area contributed by atoms with E-state index in [1.54, 1.807) is 6.07 Å². The highest BCUT2D eigenvalue weighted by molar-refractivity contribution is 5.55. The average molecular weight is 252 g/mol. The number of non-ortho nitro benzene ring substituents is 1. The fourth-order valence-corrected chi connectivity index (χ4v) is 1.88. The summed E-state index contributed by atoms with van der Waals surface area (Å²) < 4.78 is 5.11. The molecule has 0 radical (unpaired) electrons. The molecular weight excluding hydrogens is 236 g/mol. The number of nitrogens with one attached hydrogen (secondary N) is 1. The first-order chi connectivity index (χ1) is 8.56. The first-order valence-corrected chi connectivity index (χ1v) is 5.74. The van der Waals surface area contributed by atoms with Crippen LogP contribution in [0.15, 0.2) is 18.2 Å². The van der Waals surface area contributed by atoms with Gasteiger partial charge in [0.05, 0.1) is 30.2 Å². The van der Waals surface area contributed by atoms with Crippen LogP contribution in [0.25, 0.3) is 0 Å². The Labute approximate surface area is 105 Å². The van der Waals surface area contributed by atoms with Crippen LogP contribution >= 0.6 is 0 Å². The van der Waals surface area contributed by atoms with Gasteiger partial charge in [-0.05, 0) is 18.6 Å². The van der Waals surface area contributed by atoms with Gasteiger partial charge in [0.15, 0.2) is 0 Å². The normalized spacial score (nSPS) is 17.0. The molecule has 0 aliphatic carbocycles. The van der Waals surface area contributed by atoms with E-state index in [0.717, 1.165) is 11.3 Å². The van der Waals surface area contributed by atoms with Gasteiger partial charge in [-0.1, -0.05) is 0 Å². The highest BCUT2D eigenvalue weighted by atomic mass is 16.6. The van der Waals surface area contributed by atoms with Crippen molar-refractivity contribution in [2.45, 2.75) is 6.92 Å². The zero-order chi connectivity index (χ0) is 13.2. The van der Waals surface area contributed by atoms with Crippen molar-refractivity contribution in [1.82, 2.24) is 0 Å². The molecule has 1 aliphatic heterocycles. The van der Waals surface area contributed by atoms with Crippen LogP contribution in [0.1, 0.15) is 5.56 Å². The van der Waals surface area contributed by atoms with E-state index in [4.69, 9.17) is 4.74 Å². The van der Waals surface area contributed by atoms with E-state index in [1.165, 1.54) is 12.1 Å². The molecule has 1 fully saturated rings. The number of nitro benzene ring substituents is 1. The third kappa shape index (κ3) is 2.44. The first-order valence-electron chi connectivity index (χ1n) is 5.74. The molecule has 2 rings (SSSR count). The van der Waals surface area contributed by atoms with Gasteiger partial charge >= 0.3 is 0 Å². The molecule has 0 atom stereocenters. The summed E-state index contributed by atoms with van der Waals surface area (Å²) in [6, 6.07) is 4.70. The Bertz CT molecular complexity index is 452. The minimum absolute atomic E-state index is 0.0754. The number of nitrogens with zero attached hydrogens (tertiary/aromatic N) is 1. The van der Waals surface area contributed by atoms with E-state index < -0.39 is 4.92 Å². The Morgan fingerprint density at radius 2 is 2.28 bits per heavy atom. The third-order valence-corrected chi connectivity index (χ3v) is 3.23. The van der Waals surface area contributed by atoms with Gasteiger partial charge in [0.2, 0.25) is 0 Å². The molecule has 0 unspecified atom stereocenters. The molecule has 1 aliphatic rings. The summed E-state index contributed by atoms with van der Waals surface area (Å²) in [7, 11) is 0. The second kappa shape index (κ2) is 4.91. The summed E-state index contributed by atoms with van der Waals surface area (Å²) in [5, 5.41) is 23.1. The van der Waals surface area contributed by atoms with Crippen LogP contribution < -0.4 is 5.32 Å². The smallest absolute Gasteiger partial charge is 0.269 e. The Kier molecular flexibility index (Phi) is 3.49. The van der Waals surface area contributed by atoms with E-state index in [-0.39, 0.29) is 17.7 Å². The Morgan fingerprint density at radius 1 is 1.56 bits per heavy atom. The number of ether oxygens (including phenoxy) is 1. The van der Waals surface area contributed by atoms with Gasteiger partial charge in [-0.2, -0.15) is 0 Å². The molecule has 0 bridgehead atoms. The molecule has 0 amide bonds. The second-order valence-corrected chi connectivity index (χ2v) is 4.76. The lowest BCUT2D eigenvalue weighted by Gasteiger charge is -2.40. The summed E-state index contributed by atoms with van der Waals surface area (Å²) >= 11 is 0. The summed E-state index contributed by atoms with van der Waals surface area (Å²) in [6.07, 6.45) is 0. The lowest BCUT2D eigenvalue weighted by Crippen LogP contribution is -2.50. The average Bonchev–Trinajstić information content (AvgIpc) is 2.29. The molecule has 1 saturated heterocycles. The minimum Gasteiger partial charge on any atom is -0.396 e. The van der Waals surface area contributed by atoms with Crippen LogP contribution in [0.2, 0.25) is 0 Å². The molecule has 6 heteroatoms. The Hall–Kier alpha value is -1.66. The maximum atomic E-state index is 10.6. The Balaban J connectivity index is 2.03. The monoisotopic (exact) mass is 252 g/mol. The number of benzene rings is 1. The standard InChI is InChI=1S/C12H16N2O4/c1-9-4-10(14(16)17)2-3-11(9)13-5-12(6-15)7-18-8-12/h2-4,13,15H,5-8H2,1H3. The lowest BCUT2D eigenvalue weighted by atomic mass is 9.87. The van der Waals surface area contributed by atoms with Gasteiger partial charge < -0.3 is 15.2 Å². The summed E-state index contributed by atoms with van der Waals surface area (Å²) in [6.45, 7) is 3.58. The van der Waals surface area contributed by atoms with Crippen molar-refractivity contribution in [3.05, 3.63) is 33.9 Å². The molecule has 6 nitrogen and oxygen atoms in total. The molecule has 0 spiro atoms. The maximum Gasteiger partial charge on any atom is 0.269 e. The fraction of sp³-hybridized carbons (Fsp3) is 0.500. The maximum absolute atomic E-state index is 10.6. The van der Waals surface area contributed by atoms with Crippen molar-refractivity contribution in [2.75, 3.05) is 31.7 Å². The van der Waals surface area contributed by atoms with Crippen molar-refractivity contribution < 1.29 is 14.8 Å². The van der Waals surface area contributed by atoms with Crippen LogP contribution in [-0.2, 0) is 4.74 Å². The van der Waals surface area contributed by atoms with Crippen molar-refractivity contribution >= 4 is 11.4 Å². The number of aliphatic hydroxyl groups is 1. The fourth-order valence-electron chi connectivity index (χ4n) is 1.88. The van der Waals surface area contributed by atoms with E-state index >= 15 is 0 Å². The van der Waals surface area contributed by atoms with Gasteiger partial charge in [0, 0.05) is 24.4 Å². The molecule has 0 aromatic heterocycles. The zero-order valence-corrected chi connectivity index (χ0v) is 10.2. The third-order valence-electron chi connectivity index (χ3n) is 3.23. The van der Waals surface area contributed by atoms with Gasteiger partial charge in [0.25, 0.3) is 5.69 Å². The number of aliphatic hydroxyl groups excluding tert-OH is 1. The van der Waals surface area contributed by atoms with E-state index in [2.05, 4.69) is 5.32 Å². The molecule has 1 aromatic carbocycles. The number of nitro groups is 1. The molecule has 98 valence electrons. The van der Waals surface area contributed by atoms with Crippen molar-refractivity contribution in [1.29, 1.82) is 0 Å². The Morgan fingerprint density at radius 3 is 2.72 bits per heavy atom. The second-order valence-electron chi connectivity index (χ2n) is 4.76. The highest BCUT2D eigenvalue weighted by Gasteiger charge is 2.37.